The van der Waals surface area contributed by atoms with Crippen molar-refractivity contribution >= 4 is 35.8 Å². The zero-order valence-electron chi connectivity index (χ0n) is 10.7. The van der Waals surface area contributed by atoms with Gasteiger partial charge in [-0.2, -0.15) is 0 Å². The van der Waals surface area contributed by atoms with Crippen molar-refractivity contribution in [3.63, 3.8) is 0 Å². The lowest BCUT2D eigenvalue weighted by molar-refractivity contribution is 0.609. The van der Waals surface area contributed by atoms with Crippen molar-refractivity contribution in [3.8, 4) is 0 Å². The first-order valence-electron chi connectivity index (χ1n) is 5.10. The van der Waals surface area contributed by atoms with Crippen molar-refractivity contribution in [1.29, 1.82) is 0 Å². The molecule has 0 amide bonds. The highest BCUT2D eigenvalue weighted by Crippen LogP contribution is 2.10. The molecule has 0 spiro atoms. The van der Waals surface area contributed by atoms with Crippen LogP contribution in [0.2, 0.25) is 0 Å². The minimum atomic E-state index is 0. The van der Waals surface area contributed by atoms with Crippen LogP contribution in [0.1, 0.15) is 5.56 Å². The van der Waals surface area contributed by atoms with Gasteiger partial charge in [-0.05, 0) is 17.7 Å². The molecule has 0 bridgehead atoms. The Bertz CT molecular complexity index is 376. The van der Waals surface area contributed by atoms with E-state index in [1.54, 1.807) is 11.1 Å². The van der Waals surface area contributed by atoms with Gasteiger partial charge in [-0.25, -0.2) is 9.98 Å². The lowest BCUT2D eigenvalue weighted by Gasteiger charge is -2.12. The topological polar surface area (TPSA) is 57.8 Å². The summed E-state index contributed by atoms with van der Waals surface area (Å²) < 4.78 is 0. The number of rotatable bonds is 3. The molecule has 0 saturated carbocycles. The second-order valence-corrected chi connectivity index (χ2v) is 3.99. The number of pyridine rings is 1. The fourth-order valence-corrected chi connectivity index (χ4v) is 1.12. The van der Waals surface area contributed by atoms with Gasteiger partial charge >= 0.3 is 0 Å². The fourth-order valence-electron chi connectivity index (χ4n) is 1.12. The van der Waals surface area contributed by atoms with Crippen molar-refractivity contribution in [2.45, 2.75) is 6.54 Å². The highest BCUT2D eigenvalue weighted by atomic mass is 127. The maximum absolute atomic E-state index is 5.71. The van der Waals surface area contributed by atoms with Gasteiger partial charge in [-0.3, -0.25) is 0 Å². The molecule has 17 heavy (non-hydrogen) atoms. The van der Waals surface area contributed by atoms with Crippen LogP contribution in [0.4, 0.5) is 5.82 Å². The van der Waals surface area contributed by atoms with Gasteiger partial charge in [0, 0.05) is 34.4 Å². The molecule has 0 fully saturated rings. The molecule has 0 saturated heterocycles. The lowest BCUT2D eigenvalue weighted by Crippen LogP contribution is -2.30. The molecule has 0 unspecified atom stereocenters. The summed E-state index contributed by atoms with van der Waals surface area (Å²) in [5.41, 5.74) is 6.81. The minimum Gasteiger partial charge on any atom is -0.370 e. The molecule has 0 aromatic carbocycles. The van der Waals surface area contributed by atoms with E-state index in [4.69, 9.17) is 5.73 Å². The Balaban J connectivity index is 0.00000256. The van der Waals surface area contributed by atoms with E-state index in [0.29, 0.717) is 12.5 Å². The first-order chi connectivity index (χ1) is 7.50. The van der Waals surface area contributed by atoms with Crippen molar-refractivity contribution in [2.75, 3.05) is 33.1 Å². The number of aromatic nitrogens is 1. The Morgan fingerprint density at radius 2 is 2.00 bits per heavy atom. The molecular weight excluding hydrogens is 329 g/mol. The molecule has 0 aliphatic carbocycles. The minimum absolute atomic E-state index is 0. The van der Waals surface area contributed by atoms with E-state index >= 15 is 0 Å². The van der Waals surface area contributed by atoms with E-state index in [1.807, 2.05) is 45.2 Å². The lowest BCUT2D eigenvalue weighted by atomic mass is 10.2. The predicted octanol–water partition coefficient (Wildman–Crippen LogP) is 1.14. The van der Waals surface area contributed by atoms with Gasteiger partial charge in [-0.1, -0.05) is 0 Å². The molecule has 1 aromatic heterocycles. The van der Waals surface area contributed by atoms with Gasteiger partial charge in [0.05, 0.1) is 6.54 Å². The summed E-state index contributed by atoms with van der Waals surface area (Å²) in [5, 5.41) is 0. The van der Waals surface area contributed by atoms with Crippen LogP contribution in [0.3, 0.4) is 0 Å². The van der Waals surface area contributed by atoms with E-state index in [-0.39, 0.29) is 24.0 Å². The van der Waals surface area contributed by atoms with Crippen molar-refractivity contribution in [1.82, 2.24) is 9.88 Å². The van der Waals surface area contributed by atoms with E-state index in [9.17, 15) is 0 Å². The number of nitrogens with zero attached hydrogens (tertiary/aromatic N) is 4. The zero-order chi connectivity index (χ0) is 12.1. The maximum Gasteiger partial charge on any atom is 0.191 e. The van der Waals surface area contributed by atoms with Gasteiger partial charge in [0.2, 0.25) is 0 Å². The van der Waals surface area contributed by atoms with Crippen LogP contribution in [0.15, 0.2) is 23.3 Å². The van der Waals surface area contributed by atoms with Crippen LogP contribution in [0.5, 0.6) is 0 Å². The van der Waals surface area contributed by atoms with Crippen LogP contribution in [-0.2, 0) is 6.54 Å². The molecular formula is C11H20IN5. The molecule has 1 aromatic rings. The summed E-state index contributed by atoms with van der Waals surface area (Å²) in [6, 6.07) is 3.95. The molecule has 5 nitrogen and oxygen atoms in total. The highest BCUT2D eigenvalue weighted by Gasteiger charge is 1.99. The number of halogens is 1. The fraction of sp³-hybridized carbons (Fsp3) is 0.455. The molecule has 1 rings (SSSR count). The molecule has 0 aliphatic heterocycles. The Kier molecular flexibility index (Phi) is 6.86. The maximum atomic E-state index is 5.71. The first kappa shape index (κ1) is 16.0. The number of aliphatic imine (C=N–C) groups is 1. The average molecular weight is 349 g/mol. The van der Waals surface area contributed by atoms with Gasteiger partial charge in [0.15, 0.2) is 5.96 Å². The summed E-state index contributed by atoms with van der Waals surface area (Å²) in [6.07, 6.45) is 1.78. The zero-order valence-corrected chi connectivity index (χ0v) is 13.0. The second kappa shape index (κ2) is 7.31. The first-order valence-corrected chi connectivity index (χ1v) is 5.10. The Morgan fingerprint density at radius 3 is 2.53 bits per heavy atom. The van der Waals surface area contributed by atoms with Crippen LogP contribution in [0, 0.1) is 0 Å². The Morgan fingerprint density at radius 1 is 1.35 bits per heavy atom. The number of guanidine groups is 1. The third kappa shape index (κ3) is 5.20. The summed E-state index contributed by atoms with van der Waals surface area (Å²) in [5.74, 6) is 1.46. The van der Waals surface area contributed by atoms with E-state index < -0.39 is 0 Å². The third-order valence-electron chi connectivity index (χ3n) is 2.15. The molecule has 2 N–H and O–H groups in total. The van der Waals surface area contributed by atoms with Gasteiger partial charge in [0.25, 0.3) is 0 Å². The third-order valence-corrected chi connectivity index (χ3v) is 2.15. The second-order valence-electron chi connectivity index (χ2n) is 3.99. The quantitative estimate of drug-likeness (QED) is 0.505. The van der Waals surface area contributed by atoms with E-state index in [2.05, 4.69) is 9.98 Å². The monoisotopic (exact) mass is 349 g/mol. The largest absolute Gasteiger partial charge is 0.370 e. The summed E-state index contributed by atoms with van der Waals surface area (Å²) in [4.78, 5) is 12.3. The predicted molar refractivity (Wildman–Crippen MR) is 83.0 cm³/mol. The van der Waals surface area contributed by atoms with Crippen LogP contribution in [0.25, 0.3) is 0 Å². The van der Waals surface area contributed by atoms with Gasteiger partial charge < -0.3 is 15.5 Å². The van der Waals surface area contributed by atoms with Crippen molar-refractivity contribution < 1.29 is 0 Å². The number of anilines is 1. The molecule has 6 heteroatoms. The molecule has 96 valence electrons. The van der Waals surface area contributed by atoms with Crippen molar-refractivity contribution in [2.24, 2.45) is 10.7 Å². The molecule has 1 heterocycles. The standard InChI is InChI=1S/C11H19N5.HI/c1-15(2)10-7-9(5-6-13-10)8-14-11(12)16(3)4;/h5-7H,8H2,1-4H3,(H2,12,14);1H. The van der Waals surface area contributed by atoms with Crippen LogP contribution >= 0.6 is 24.0 Å². The Hall–Kier alpha value is -1.05. The summed E-state index contributed by atoms with van der Waals surface area (Å²) in [7, 11) is 7.67. The number of hydrogen-bond donors (Lipinski definition) is 1. The van der Waals surface area contributed by atoms with Crippen LogP contribution < -0.4 is 10.6 Å². The van der Waals surface area contributed by atoms with Gasteiger partial charge in [0.1, 0.15) is 5.82 Å². The summed E-state index contributed by atoms with van der Waals surface area (Å²) in [6.45, 7) is 0.577. The van der Waals surface area contributed by atoms with Gasteiger partial charge in [-0.15, -0.1) is 24.0 Å². The smallest absolute Gasteiger partial charge is 0.191 e. The van der Waals surface area contributed by atoms with Crippen molar-refractivity contribution in [3.05, 3.63) is 23.9 Å². The Labute approximate surface area is 120 Å². The van der Waals surface area contributed by atoms with E-state index in [1.165, 1.54) is 0 Å². The SMILES string of the molecule is CN(C)C(N)=NCc1ccnc(N(C)C)c1.I. The molecule has 0 atom stereocenters. The number of nitrogens with two attached hydrogens (primary N) is 1. The number of hydrogen-bond acceptors (Lipinski definition) is 3. The van der Waals surface area contributed by atoms with Crippen LogP contribution in [-0.4, -0.2) is 44.0 Å². The molecule has 0 radical (unpaired) electrons. The molecule has 0 aliphatic rings. The summed E-state index contributed by atoms with van der Waals surface area (Å²) >= 11 is 0. The highest BCUT2D eigenvalue weighted by molar-refractivity contribution is 14.0. The van der Waals surface area contributed by atoms with E-state index in [0.717, 1.165) is 11.4 Å². The normalized spacial score (nSPS) is 10.7. The average Bonchev–Trinajstić information content (AvgIpc) is 2.26.